The first-order valence-electron chi connectivity index (χ1n) is 7.36. The molecule has 0 radical (unpaired) electrons. The van der Waals surface area contributed by atoms with Crippen molar-refractivity contribution in [3.63, 3.8) is 0 Å². The Labute approximate surface area is 125 Å². The van der Waals surface area contributed by atoms with Crippen molar-refractivity contribution < 1.29 is 9.59 Å². The molecule has 1 aromatic rings. The second kappa shape index (κ2) is 7.22. The number of rotatable bonds is 6. The Hall–Kier alpha value is -1.88. The van der Waals surface area contributed by atoms with Crippen LogP contribution in [0.15, 0.2) is 24.3 Å². The van der Waals surface area contributed by atoms with Gasteiger partial charge < -0.3 is 15.1 Å². The molecule has 0 spiro atoms. The van der Waals surface area contributed by atoms with Crippen molar-refractivity contribution in [1.82, 2.24) is 15.1 Å². The summed E-state index contributed by atoms with van der Waals surface area (Å²) >= 11 is 0. The van der Waals surface area contributed by atoms with Gasteiger partial charge in [-0.05, 0) is 38.2 Å². The third-order valence-electron chi connectivity index (χ3n) is 3.55. The topological polar surface area (TPSA) is 52.7 Å². The van der Waals surface area contributed by atoms with Gasteiger partial charge in [0.15, 0.2) is 0 Å². The molecule has 2 amide bonds. The number of nitrogens with zero attached hydrogens (tertiary/aromatic N) is 2. The molecule has 1 aliphatic rings. The van der Waals surface area contributed by atoms with E-state index in [9.17, 15) is 9.59 Å². The molecule has 21 heavy (non-hydrogen) atoms. The van der Waals surface area contributed by atoms with E-state index in [-0.39, 0.29) is 11.8 Å². The standard InChI is InChI=1S/C16H23N3O2/c1-18(2)12-13-5-7-14(8-6-13)16(21)17-9-11-19-10-3-4-15(19)20/h5-8H,3-4,9-12H2,1-2H3,(H,17,21). The van der Waals surface area contributed by atoms with E-state index in [2.05, 4.69) is 10.2 Å². The highest BCUT2D eigenvalue weighted by Crippen LogP contribution is 2.08. The van der Waals surface area contributed by atoms with Gasteiger partial charge in [-0.2, -0.15) is 0 Å². The van der Waals surface area contributed by atoms with E-state index in [1.807, 2.05) is 38.4 Å². The van der Waals surface area contributed by atoms with E-state index in [0.29, 0.717) is 25.1 Å². The van der Waals surface area contributed by atoms with Gasteiger partial charge in [-0.3, -0.25) is 9.59 Å². The molecule has 1 fully saturated rings. The molecule has 0 aromatic heterocycles. The molecule has 1 aromatic carbocycles. The third-order valence-corrected chi connectivity index (χ3v) is 3.55. The maximum Gasteiger partial charge on any atom is 0.251 e. The minimum atomic E-state index is -0.0851. The highest BCUT2D eigenvalue weighted by Gasteiger charge is 2.19. The van der Waals surface area contributed by atoms with Crippen LogP contribution in [0.5, 0.6) is 0 Å². The van der Waals surface area contributed by atoms with Crippen LogP contribution in [-0.2, 0) is 11.3 Å². The summed E-state index contributed by atoms with van der Waals surface area (Å²) in [5.74, 6) is 0.107. The average molecular weight is 289 g/mol. The SMILES string of the molecule is CN(C)Cc1ccc(C(=O)NCCN2CCCC2=O)cc1. The molecule has 5 heteroatoms. The van der Waals surface area contributed by atoms with E-state index in [4.69, 9.17) is 0 Å². The monoisotopic (exact) mass is 289 g/mol. The summed E-state index contributed by atoms with van der Waals surface area (Å²) in [7, 11) is 4.03. The van der Waals surface area contributed by atoms with Gasteiger partial charge in [0.1, 0.15) is 0 Å². The lowest BCUT2D eigenvalue weighted by atomic mass is 10.1. The lowest BCUT2D eigenvalue weighted by molar-refractivity contribution is -0.127. The smallest absolute Gasteiger partial charge is 0.251 e. The zero-order chi connectivity index (χ0) is 15.2. The normalized spacial score (nSPS) is 14.8. The Morgan fingerprint density at radius 1 is 1.29 bits per heavy atom. The van der Waals surface area contributed by atoms with Gasteiger partial charge in [-0.25, -0.2) is 0 Å². The maximum atomic E-state index is 12.0. The van der Waals surface area contributed by atoms with E-state index < -0.39 is 0 Å². The molecule has 0 atom stereocenters. The van der Waals surface area contributed by atoms with Crippen LogP contribution in [0, 0.1) is 0 Å². The molecule has 1 aliphatic heterocycles. The number of hydrogen-bond donors (Lipinski definition) is 1. The molecule has 114 valence electrons. The Morgan fingerprint density at radius 2 is 2.00 bits per heavy atom. The average Bonchev–Trinajstić information content (AvgIpc) is 2.84. The van der Waals surface area contributed by atoms with Crippen LogP contribution >= 0.6 is 0 Å². The minimum absolute atomic E-state index is 0.0851. The summed E-state index contributed by atoms with van der Waals surface area (Å²) < 4.78 is 0. The Morgan fingerprint density at radius 3 is 2.57 bits per heavy atom. The van der Waals surface area contributed by atoms with Crippen LogP contribution in [0.2, 0.25) is 0 Å². The van der Waals surface area contributed by atoms with Crippen LogP contribution in [0.1, 0.15) is 28.8 Å². The summed E-state index contributed by atoms with van der Waals surface area (Å²) in [5, 5.41) is 2.86. The summed E-state index contributed by atoms with van der Waals surface area (Å²) in [5.41, 5.74) is 1.84. The molecular formula is C16H23N3O2. The van der Waals surface area contributed by atoms with Crippen molar-refractivity contribution >= 4 is 11.8 Å². The first kappa shape index (κ1) is 15.5. The van der Waals surface area contributed by atoms with Crippen molar-refractivity contribution in [2.45, 2.75) is 19.4 Å². The highest BCUT2D eigenvalue weighted by atomic mass is 16.2. The van der Waals surface area contributed by atoms with Gasteiger partial charge in [0.2, 0.25) is 5.91 Å². The number of hydrogen-bond acceptors (Lipinski definition) is 3. The molecule has 1 saturated heterocycles. The Bertz CT molecular complexity index is 497. The zero-order valence-electron chi connectivity index (χ0n) is 12.8. The Kier molecular flexibility index (Phi) is 5.33. The largest absolute Gasteiger partial charge is 0.350 e. The fourth-order valence-electron chi connectivity index (χ4n) is 2.47. The molecule has 5 nitrogen and oxygen atoms in total. The van der Waals surface area contributed by atoms with Crippen molar-refractivity contribution in [3.8, 4) is 0 Å². The maximum absolute atomic E-state index is 12.0. The van der Waals surface area contributed by atoms with Gasteiger partial charge in [-0.1, -0.05) is 12.1 Å². The predicted molar refractivity (Wildman–Crippen MR) is 82.0 cm³/mol. The second-order valence-corrected chi connectivity index (χ2v) is 5.67. The molecule has 0 unspecified atom stereocenters. The summed E-state index contributed by atoms with van der Waals surface area (Å²) in [6, 6.07) is 7.63. The van der Waals surface area contributed by atoms with Gasteiger partial charge in [-0.15, -0.1) is 0 Å². The van der Waals surface area contributed by atoms with Crippen LogP contribution in [0.4, 0.5) is 0 Å². The second-order valence-electron chi connectivity index (χ2n) is 5.67. The third kappa shape index (κ3) is 4.56. The fraction of sp³-hybridized carbons (Fsp3) is 0.500. The van der Waals surface area contributed by atoms with E-state index in [0.717, 1.165) is 19.5 Å². The molecule has 0 saturated carbocycles. The van der Waals surface area contributed by atoms with Crippen LogP contribution < -0.4 is 5.32 Å². The quantitative estimate of drug-likeness (QED) is 0.853. The van der Waals surface area contributed by atoms with Crippen molar-refractivity contribution in [2.75, 3.05) is 33.7 Å². The number of benzene rings is 1. The zero-order valence-corrected chi connectivity index (χ0v) is 12.8. The van der Waals surface area contributed by atoms with Gasteiger partial charge in [0.05, 0.1) is 0 Å². The van der Waals surface area contributed by atoms with E-state index in [1.165, 1.54) is 5.56 Å². The molecule has 1 N–H and O–H groups in total. The van der Waals surface area contributed by atoms with E-state index in [1.54, 1.807) is 4.90 Å². The predicted octanol–water partition coefficient (Wildman–Crippen LogP) is 1.10. The first-order chi connectivity index (χ1) is 10.1. The highest BCUT2D eigenvalue weighted by molar-refractivity contribution is 5.94. The van der Waals surface area contributed by atoms with Crippen molar-refractivity contribution in [3.05, 3.63) is 35.4 Å². The number of carbonyl (C=O) groups is 2. The molecular weight excluding hydrogens is 266 g/mol. The Balaban J connectivity index is 1.78. The first-order valence-corrected chi connectivity index (χ1v) is 7.36. The number of nitrogens with one attached hydrogen (secondary N) is 1. The summed E-state index contributed by atoms with van der Waals surface area (Å²) in [6.45, 7) is 2.78. The van der Waals surface area contributed by atoms with Gasteiger partial charge in [0, 0.05) is 38.2 Å². The molecule has 0 aliphatic carbocycles. The minimum Gasteiger partial charge on any atom is -0.350 e. The number of carbonyl (C=O) groups excluding carboxylic acids is 2. The van der Waals surface area contributed by atoms with Crippen LogP contribution in [0.3, 0.4) is 0 Å². The lowest BCUT2D eigenvalue weighted by Crippen LogP contribution is -2.35. The van der Waals surface area contributed by atoms with Crippen LogP contribution in [0.25, 0.3) is 0 Å². The van der Waals surface area contributed by atoms with E-state index >= 15 is 0 Å². The fourth-order valence-corrected chi connectivity index (χ4v) is 2.47. The molecule has 0 bridgehead atoms. The van der Waals surface area contributed by atoms with Gasteiger partial charge >= 0.3 is 0 Å². The van der Waals surface area contributed by atoms with Gasteiger partial charge in [0.25, 0.3) is 5.91 Å². The number of amides is 2. The van der Waals surface area contributed by atoms with Crippen molar-refractivity contribution in [2.24, 2.45) is 0 Å². The van der Waals surface area contributed by atoms with Crippen LogP contribution in [-0.4, -0.2) is 55.3 Å². The summed E-state index contributed by atoms with van der Waals surface area (Å²) in [6.07, 6.45) is 1.57. The number of likely N-dealkylation sites (tertiary alicyclic amines) is 1. The summed E-state index contributed by atoms with van der Waals surface area (Å²) in [4.78, 5) is 27.4. The van der Waals surface area contributed by atoms with Crippen molar-refractivity contribution in [1.29, 1.82) is 0 Å². The lowest BCUT2D eigenvalue weighted by Gasteiger charge is -2.15. The molecule has 1 heterocycles. The molecule has 2 rings (SSSR count).